The van der Waals surface area contributed by atoms with Gasteiger partial charge in [-0.2, -0.15) is 10.1 Å². The van der Waals surface area contributed by atoms with E-state index in [-0.39, 0.29) is 30.4 Å². The van der Waals surface area contributed by atoms with Gasteiger partial charge in [-0.3, -0.25) is 14.0 Å². The molecule has 0 saturated carbocycles. The Balaban J connectivity index is 1.38. The van der Waals surface area contributed by atoms with Crippen LogP contribution >= 0.6 is 0 Å². The minimum Gasteiger partial charge on any atom is -0.444 e. The van der Waals surface area contributed by atoms with Crippen molar-refractivity contribution in [3.05, 3.63) is 40.7 Å². The second-order valence-electron chi connectivity index (χ2n) is 15.1. The van der Waals surface area contributed by atoms with Crippen molar-refractivity contribution in [1.82, 2.24) is 29.2 Å². The van der Waals surface area contributed by atoms with Gasteiger partial charge in [-0.05, 0) is 58.6 Å². The number of halogens is 1. The molecule has 1 amide bonds. The van der Waals surface area contributed by atoms with Crippen molar-refractivity contribution in [2.24, 2.45) is 14.1 Å². The Morgan fingerprint density at radius 1 is 1.09 bits per heavy atom. The highest BCUT2D eigenvalue weighted by molar-refractivity contribution is 6.76. The number of amides is 1. The van der Waals surface area contributed by atoms with Gasteiger partial charge < -0.3 is 24.3 Å². The molecule has 2 aliphatic heterocycles. The quantitative estimate of drug-likeness (QED) is 0.191. The van der Waals surface area contributed by atoms with Gasteiger partial charge in [0.05, 0.1) is 10.9 Å². The molecule has 1 N–H and O–H groups in total. The number of benzene rings is 1. The Bertz CT molecular complexity index is 1840. The molecule has 0 radical (unpaired) electrons. The van der Waals surface area contributed by atoms with Gasteiger partial charge in [-0.25, -0.2) is 9.18 Å². The first-order valence-corrected chi connectivity index (χ1v) is 19.9. The first-order valence-electron chi connectivity index (χ1n) is 16.2. The van der Waals surface area contributed by atoms with Crippen LogP contribution in [-0.2, 0) is 30.3 Å². The maximum absolute atomic E-state index is 15.7. The van der Waals surface area contributed by atoms with E-state index in [0.717, 1.165) is 37.1 Å². The van der Waals surface area contributed by atoms with Crippen molar-refractivity contribution in [2.75, 3.05) is 11.5 Å². The third kappa shape index (κ3) is 6.44. The zero-order valence-corrected chi connectivity index (χ0v) is 29.2. The first kappa shape index (κ1) is 32.2. The van der Waals surface area contributed by atoms with Gasteiger partial charge in [-0.15, -0.1) is 0 Å². The van der Waals surface area contributed by atoms with Crippen LogP contribution in [-0.4, -0.2) is 68.4 Å². The van der Waals surface area contributed by atoms with Crippen LogP contribution < -0.4 is 15.8 Å². The number of ether oxygens (including phenoxy) is 2. The van der Waals surface area contributed by atoms with E-state index in [1.54, 1.807) is 35.6 Å². The van der Waals surface area contributed by atoms with E-state index in [4.69, 9.17) is 14.5 Å². The third-order valence-electron chi connectivity index (χ3n) is 8.98. The summed E-state index contributed by atoms with van der Waals surface area (Å²) in [5, 5.41) is 8.54. The molecule has 11 nitrogen and oxygen atoms in total. The number of nitrogens with one attached hydrogen (secondary N) is 1. The Morgan fingerprint density at radius 3 is 2.43 bits per heavy atom. The Kier molecular flexibility index (Phi) is 8.28. The molecule has 2 unspecified atom stereocenters. The summed E-state index contributed by atoms with van der Waals surface area (Å²) in [7, 11) is 2.22. The molecule has 4 aromatic rings. The molecule has 6 rings (SSSR count). The van der Waals surface area contributed by atoms with E-state index >= 15 is 4.39 Å². The van der Waals surface area contributed by atoms with Crippen molar-refractivity contribution in [2.45, 2.75) is 103 Å². The molecular weight excluding hydrogens is 605 g/mol. The Labute approximate surface area is 269 Å². The molecule has 0 aliphatic carbocycles. The molecule has 2 saturated heterocycles. The summed E-state index contributed by atoms with van der Waals surface area (Å²) >= 11 is 0. The number of anilines is 1. The van der Waals surface area contributed by atoms with Gasteiger partial charge in [0, 0.05) is 81.9 Å². The number of aromatic nitrogens is 5. The minimum atomic E-state index is -1.31. The van der Waals surface area contributed by atoms with Gasteiger partial charge >= 0.3 is 6.09 Å². The molecule has 13 heteroatoms. The zero-order valence-electron chi connectivity index (χ0n) is 28.2. The highest BCUT2D eigenvalue weighted by Crippen LogP contribution is 2.40. The number of aryl methyl sites for hydroxylation is 1. The van der Waals surface area contributed by atoms with Gasteiger partial charge in [0.25, 0.3) is 5.56 Å². The molecule has 2 fully saturated rings. The van der Waals surface area contributed by atoms with E-state index in [1.165, 1.54) is 6.07 Å². The lowest BCUT2D eigenvalue weighted by Gasteiger charge is -2.40. The summed E-state index contributed by atoms with van der Waals surface area (Å²) in [6.07, 6.45) is 6.55. The van der Waals surface area contributed by atoms with Gasteiger partial charge in [0.2, 0.25) is 5.95 Å². The van der Waals surface area contributed by atoms with Crippen LogP contribution in [0.15, 0.2) is 29.3 Å². The number of hydrogen-bond donors (Lipinski definition) is 1. The largest absolute Gasteiger partial charge is 0.444 e. The normalized spacial score (nSPS) is 20.2. The highest BCUT2D eigenvalue weighted by atomic mass is 28.3. The van der Waals surface area contributed by atoms with E-state index in [9.17, 15) is 9.59 Å². The minimum absolute atomic E-state index is 0.0232. The maximum atomic E-state index is 15.7. The summed E-state index contributed by atoms with van der Waals surface area (Å²) < 4.78 is 32.4. The fourth-order valence-electron chi connectivity index (χ4n) is 6.85. The summed E-state index contributed by atoms with van der Waals surface area (Å²) in [6, 6.07) is 4.36. The Hall–Kier alpha value is -3.71. The van der Waals surface area contributed by atoms with E-state index in [1.807, 2.05) is 31.5 Å². The SMILES string of the molecule is Cn1cc2cc(-c3cn(COCC[Si](C)(C)C)c4nc(N5C6CCC5CC(NC(=O)OC(C)(C)C)C6)n(C)c(=O)c34)c(F)cc2n1. The van der Waals surface area contributed by atoms with Gasteiger partial charge in [0.15, 0.2) is 5.65 Å². The molecule has 1 aromatic carbocycles. The molecule has 248 valence electrons. The molecule has 3 aromatic heterocycles. The number of carbonyl (C=O) groups excluding carboxylic acids is 1. The van der Waals surface area contributed by atoms with Crippen molar-refractivity contribution < 1.29 is 18.7 Å². The molecule has 0 spiro atoms. The zero-order chi connectivity index (χ0) is 33.1. The standard InChI is InChI=1S/C33H46FN7O4Si/c1-33(2,3)45-32(43)35-21-14-22-9-10-23(15-21)41(22)31-36-29-28(30(42)39(31)5)25(18-40(29)19-44-11-12-46(6,7)8)24-13-20-17-38(4)37-27(20)16-26(24)34/h13,16-18,21-23H,9-12,14-15,19H2,1-8H3,(H,35,43). The smallest absolute Gasteiger partial charge is 0.407 e. The monoisotopic (exact) mass is 651 g/mol. The van der Waals surface area contributed by atoms with Gasteiger partial charge in [-0.1, -0.05) is 19.6 Å². The van der Waals surface area contributed by atoms with E-state index in [2.05, 4.69) is 35.0 Å². The molecular formula is C33H46FN7O4Si. The predicted molar refractivity (Wildman–Crippen MR) is 180 cm³/mol. The second kappa shape index (κ2) is 11.8. The molecule has 2 bridgehead atoms. The second-order valence-corrected chi connectivity index (χ2v) is 20.8. The average molecular weight is 652 g/mol. The number of alkyl carbamates (subject to hydrolysis) is 1. The molecule has 5 heterocycles. The summed E-state index contributed by atoms with van der Waals surface area (Å²) in [6.45, 7) is 13.3. The van der Waals surface area contributed by atoms with Crippen LogP contribution in [0.4, 0.5) is 15.1 Å². The number of piperidine rings is 1. The molecule has 2 aliphatic rings. The average Bonchev–Trinajstić information content (AvgIpc) is 3.56. The lowest BCUT2D eigenvalue weighted by Crippen LogP contribution is -2.52. The highest BCUT2D eigenvalue weighted by Gasteiger charge is 2.43. The number of carbonyl (C=O) groups is 1. The number of nitrogens with zero attached hydrogens (tertiary/aromatic N) is 6. The first-order chi connectivity index (χ1) is 21.6. The summed E-state index contributed by atoms with van der Waals surface area (Å²) in [4.78, 5) is 34.2. The molecule has 46 heavy (non-hydrogen) atoms. The fraction of sp³-hybridized carbons (Fsp3) is 0.576. The third-order valence-corrected chi connectivity index (χ3v) is 10.7. The number of hydrogen-bond acceptors (Lipinski definition) is 7. The van der Waals surface area contributed by atoms with E-state index < -0.39 is 25.6 Å². The van der Waals surface area contributed by atoms with Crippen molar-refractivity contribution >= 4 is 42.1 Å². The van der Waals surface area contributed by atoms with Crippen molar-refractivity contribution in [3.63, 3.8) is 0 Å². The van der Waals surface area contributed by atoms with Crippen molar-refractivity contribution in [3.8, 4) is 11.1 Å². The van der Waals surface area contributed by atoms with Crippen LogP contribution in [0.1, 0.15) is 46.5 Å². The molecule has 2 atom stereocenters. The van der Waals surface area contributed by atoms with E-state index in [0.29, 0.717) is 40.2 Å². The summed E-state index contributed by atoms with van der Waals surface area (Å²) in [5.74, 6) is 0.130. The van der Waals surface area contributed by atoms with Crippen molar-refractivity contribution in [1.29, 1.82) is 0 Å². The van der Waals surface area contributed by atoms with Crippen LogP contribution in [0.3, 0.4) is 0 Å². The Morgan fingerprint density at radius 2 is 1.78 bits per heavy atom. The lowest BCUT2D eigenvalue weighted by molar-refractivity contribution is 0.0492. The van der Waals surface area contributed by atoms with Crippen LogP contribution in [0.2, 0.25) is 25.7 Å². The van der Waals surface area contributed by atoms with Crippen LogP contribution in [0.5, 0.6) is 0 Å². The fourth-order valence-corrected chi connectivity index (χ4v) is 7.61. The number of rotatable bonds is 8. The predicted octanol–water partition coefficient (Wildman–Crippen LogP) is 5.76. The lowest BCUT2D eigenvalue weighted by atomic mass is 9.98. The summed E-state index contributed by atoms with van der Waals surface area (Å²) in [5.41, 5.74) is 1.02. The van der Waals surface area contributed by atoms with Gasteiger partial charge in [0.1, 0.15) is 18.1 Å². The topological polar surface area (TPSA) is 108 Å². The van der Waals surface area contributed by atoms with Crippen LogP contribution in [0.25, 0.3) is 33.1 Å². The number of fused-ring (bicyclic) bond motifs is 4. The van der Waals surface area contributed by atoms with Crippen LogP contribution in [0, 0.1) is 5.82 Å². The maximum Gasteiger partial charge on any atom is 0.407 e.